The average Bonchev–Trinajstić information content (AvgIpc) is 2.08. The van der Waals surface area contributed by atoms with Crippen LogP contribution in [0.5, 0.6) is 0 Å². The summed E-state index contributed by atoms with van der Waals surface area (Å²) in [4.78, 5) is 21.8. The molecule has 0 fully saturated rings. The van der Waals surface area contributed by atoms with Gasteiger partial charge in [-0.2, -0.15) is 5.10 Å². The van der Waals surface area contributed by atoms with E-state index in [9.17, 15) is 9.59 Å². The Morgan fingerprint density at radius 3 is 2.86 bits per heavy atom. The van der Waals surface area contributed by atoms with E-state index in [-0.39, 0.29) is 18.4 Å². The summed E-state index contributed by atoms with van der Waals surface area (Å²) in [7, 11) is 1.56. The number of carbonyl (C=O) groups is 1. The van der Waals surface area contributed by atoms with Gasteiger partial charge in [-0.1, -0.05) is 0 Å². The molecule has 0 unspecified atom stereocenters. The van der Waals surface area contributed by atoms with Crippen LogP contribution in [0.2, 0.25) is 0 Å². The number of nitrogens with zero attached hydrogens (tertiary/aromatic N) is 2. The second-order valence-corrected chi connectivity index (χ2v) is 3.13. The number of aryl methyl sites for hydroxylation is 3. The van der Waals surface area contributed by atoms with Gasteiger partial charge in [-0.15, -0.1) is 0 Å². The number of rotatable bonds is 3. The summed E-state index contributed by atoms with van der Waals surface area (Å²) in [6.45, 7) is 1.77. The fourth-order valence-corrected chi connectivity index (χ4v) is 1.25. The molecule has 0 bridgehead atoms. The highest BCUT2D eigenvalue weighted by molar-refractivity contribution is 5.67. The molecule has 1 rings (SSSR count). The Bertz CT molecular complexity index is 409. The van der Waals surface area contributed by atoms with Crippen molar-refractivity contribution in [1.82, 2.24) is 9.78 Å². The van der Waals surface area contributed by atoms with E-state index in [1.165, 1.54) is 4.68 Å². The molecule has 1 aromatic heterocycles. The van der Waals surface area contributed by atoms with Gasteiger partial charge in [0.1, 0.15) is 0 Å². The Morgan fingerprint density at radius 1 is 1.64 bits per heavy atom. The molecular formula is C9H12N2O3. The summed E-state index contributed by atoms with van der Waals surface area (Å²) in [5, 5.41) is 12.4. The first kappa shape index (κ1) is 10.4. The zero-order valence-electron chi connectivity index (χ0n) is 8.15. The molecule has 0 aromatic carbocycles. The van der Waals surface area contributed by atoms with Crippen molar-refractivity contribution in [2.75, 3.05) is 0 Å². The minimum Gasteiger partial charge on any atom is -0.481 e. The molecule has 0 spiro atoms. The van der Waals surface area contributed by atoms with Crippen LogP contribution in [0.1, 0.15) is 17.7 Å². The molecule has 0 radical (unpaired) electrons. The molecule has 5 heteroatoms. The van der Waals surface area contributed by atoms with Crippen LogP contribution in [0.3, 0.4) is 0 Å². The topological polar surface area (TPSA) is 72.2 Å². The first-order valence-corrected chi connectivity index (χ1v) is 4.26. The fraction of sp³-hybridized carbons (Fsp3) is 0.444. The van der Waals surface area contributed by atoms with E-state index in [0.717, 1.165) is 0 Å². The lowest BCUT2D eigenvalue weighted by Crippen LogP contribution is -2.24. The Labute approximate surface area is 81.0 Å². The maximum atomic E-state index is 11.4. The summed E-state index contributed by atoms with van der Waals surface area (Å²) in [6.07, 6.45) is 0.226. The van der Waals surface area contributed by atoms with Crippen molar-refractivity contribution in [3.63, 3.8) is 0 Å². The lowest BCUT2D eigenvalue weighted by atomic mass is 10.1. The summed E-state index contributed by atoms with van der Waals surface area (Å²) >= 11 is 0. The highest BCUT2D eigenvalue weighted by Crippen LogP contribution is 1.98. The van der Waals surface area contributed by atoms with E-state index in [0.29, 0.717) is 11.3 Å². The first-order chi connectivity index (χ1) is 6.50. The van der Waals surface area contributed by atoms with Gasteiger partial charge in [0.15, 0.2) is 0 Å². The van der Waals surface area contributed by atoms with Crippen LogP contribution in [-0.4, -0.2) is 20.9 Å². The molecule has 1 aromatic rings. The number of hydrogen-bond acceptors (Lipinski definition) is 3. The largest absolute Gasteiger partial charge is 0.481 e. The van der Waals surface area contributed by atoms with Crippen LogP contribution < -0.4 is 5.56 Å². The van der Waals surface area contributed by atoms with Crippen molar-refractivity contribution in [2.24, 2.45) is 7.05 Å². The van der Waals surface area contributed by atoms with Crippen LogP contribution >= 0.6 is 0 Å². The fourth-order valence-electron chi connectivity index (χ4n) is 1.25. The molecule has 0 atom stereocenters. The molecule has 0 aliphatic carbocycles. The van der Waals surface area contributed by atoms with Crippen molar-refractivity contribution < 1.29 is 9.90 Å². The number of hydrogen-bond donors (Lipinski definition) is 1. The van der Waals surface area contributed by atoms with Crippen molar-refractivity contribution in [2.45, 2.75) is 19.8 Å². The maximum Gasteiger partial charge on any atom is 0.303 e. The minimum atomic E-state index is -0.901. The highest BCUT2D eigenvalue weighted by atomic mass is 16.4. The molecule has 76 valence electrons. The summed E-state index contributed by atoms with van der Waals surface area (Å²) < 4.78 is 1.23. The molecule has 1 heterocycles. The summed E-state index contributed by atoms with van der Waals surface area (Å²) in [5.41, 5.74) is 0.992. The first-order valence-electron chi connectivity index (χ1n) is 4.26. The molecule has 1 N–H and O–H groups in total. The maximum absolute atomic E-state index is 11.4. The Hall–Kier alpha value is -1.65. The lowest BCUT2D eigenvalue weighted by Gasteiger charge is -2.02. The Kier molecular flexibility index (Phi) is 3.01. The molecular weight excluding hydrogens is 184 g/mol. The Morgan fingerprint density at radius 2 is 2.29 bits per heavy atom. The number of carboxylic acids is 1. The lowest BCUT2D eigenvalue weighted by molar-refractivity contribution is -0.136. The van der Waals surface area contributed by atoms with Crippen LogP contribution in [-0.2, 0) is 18.3 Å². The predicted molar refractivity (Wildman–Crippen MR) is 50.2 cm³/mol. The van der Waals surface area contributed by atoms with Crippen LogP contribution in [0.4, 0.5) is 0 Å². The minimum absolute atomic E-state index is 0.0291. The monoisotopic (exact) mass is 196 g/mol. The average molecular weight is 196 g/mol. The smallest absolute Gasteiger partial charge is 0.303 e. The Balaban J connectivity index is 2.97. The summed E-state index contributed by atoms with van der Waals surface area (Å²) in [5.74, 6) is -0.901. The normalized spacial score (nSPS) is 10.1. The molecule has 0 saturated carbocycles. The van der Waals surface area contributed by atoms with E-state index in [1.54, 1.807) is 20.0 Å². The van der Waals surface area contributed by atoms with Crippen molar-refractivity contribution in [3.05, 3.63) is 27.7 Å². The molecule has 14 heavy (non-hydrogen) atoms. The van der Waals surface area contributed by atoms with Gasteiger partial charge in [-0.3, -0.25) is 9.59 Å². The van der Waals surface area contributed by atoms with Gasteiger partial charge in [-0.25, -0.2) is 4.68 Å². The van der Waals surface area contributed by atoms with Crippen LogP contribution in [0, 0.1) is 6.92 Å². The number of carboxylic acid groups (broad SMARTS) is 1. The molecule has 0 aliphatic rings. The van der Waals surface area contributed by atoms with Gasteiger partial charge >= 0.3 is 5.97 Å². The van der Waals surface area contributed by atoms with Gasteiger partial charge in [0.05, 0.1) is 5.69 Å². The SMILES string of the molecule is Cc1cc(CCC(=O)O)c(=O)n(C)n1. The van der Waals surface area contributed by atoms with Gasteiger partial charge in [-0.05, 0) is 19.4 Å². The van der Waals surface area contributed by atoms with Crippen molar-refractivity contribution >= 4 is 5.97 Å². The zero-order valence-corrected chi connectivity index (χ0v) is 8.15. The van der Waals surface area contributed by atoms with Gasteiger partial charge in [0.2, 0.25) is 0 Å². The number of aliphatic carboxylic acids is 1. The van der Waals surface area contributed by atoms with E-state index >= 15 is 0 Å². The van der Waals surface area contributed by atoms with Gasteiger partial charge in [0.25, 0.3) is 5.56 Å². The number of aromatic nitrogens is 2. The van der Waals surface area contributed by atoms with E-state index in [2.05, 4.69) is 5.10 Å². The second-order valence-electron chi connectivity index (χ2n) is 3.13. The van der Waals surface area contributed by atoms with E-state index in [4.69, 9.17) is 5.11 Å². The zero-order chi connectivity index (χ0) is 10.7. The van der Waals surface area contributed by atoms with E-state index in [1.807, 2.05) is 0 Å². The van der Waals surface area contributed by atoms with Crippen molar-refractivity contribution in [3.8, 4) is 0 Å². The van der Waals surface area contributed by atoms with Gasteiger partial charge in [0, 0.05) is 19.0 Å². The molecule has 5 nitrogen and oxygen atoms in total. The predicted octanol–water partition coefficient (Wildman–Crippen LogP) is 0.106. The quantitative estimate of drug-likeness (QED) is 0.744. The third-order valence-corrected chi connectivity index (χ3v) is 1.87. The van der Waals surface area contributed by atoms with Crippen LogP contribution in [0.15, 0.2) is 10.9 Å². The third-order valence-electron chi connectivity index (χ3n) is 1.87. The van der Waals surface area contributed by atoms with E-state index < -0.39 is 5.97 Å². The highest BCUT2D eigenvalue weighted by Gasteiger charge is 2.06. The standard InChI is InChI=1S/C9H12N2O3/c1-6-5-7(3-4-8(12)13)9(14)11(2)10-6/h5H,3-4H2,1-2H3,(H,12,13). The van der Waals surface area contributed by atoms with Crippen LogP contribution in [0.25, 0.3) is 0 Å². The molecule has 0 amide bonds. The molecule has 0 saturated heterocycles. The third kappa shape index (κ3) is 2.42. The van der Waals surface area contributed by atoms with Gasteiger partial charge < -0.3 is 5.11 Å². The summed E-state index contributed by atoms with van der Waals surface area (Å²) in [6, 6.07) is 1.63. The molecule has 0 aliphatic heterocycles. The van der Waals surface area contributed by atoms with Crippen molar-refractivity contribution in [1.29, 1.82) is 0 Å². The second kappa shape index (κ2) is 4.04.